The van der Waals surface area contributed by atoms with Gasteiger partial charge in [0.1, 0.15) is 10.7 Å². The highest BCUT2D eigenvalue weighted by molar-refractivity contribution is 7.09. The molecule has 1 aromatic heterocycles. The molecule has 0 fully saturated rings. The summed E-state index contributed by atoms with van der Waals surface area (Å²) < 4.78 is 0. The number of thiazole rings is 1. The fourth-order valence-electron chi connectivity index (χ4n) is 1.34. The average Bonchev–Trinajstić information content (AvgIpc) is 2.73. The van der Waals surface area contributed by atoms with Crippen LogP contribution in [-0.4, -0.2) is 28.9 Å². The van der Waals surface area contributed by atoms with Crippen molar-refractivity contribution >= 4 is 29.7 Å². The summed E-state index contributed by atoms with van der Waals surface area (Å²) in [4.78, 5) is 17.9. The highest BCUT2D eigenvalue weighted by atomic mass is 35.5. The fraction of sp³-hybridized carbons (Fsp3) is 0.600. The highest BCUT2D eigenvalue weighted by Crippen LogP contribution is 2.11. The Bertz CT molecular complexity index is 330. The van der Waals surface area contributed by atoms with Gasteiger partial charge in [0.25, 0.3) is 5.91 Å². The van der Waals surface area contributed by atoms with Crippen molar-refractivity contribution in [3.05, 3.63) is 16.1 Å². The number of rotatable bonds is 5. The maximum absolute atomic E-state index is 11.9. The lowest BCUT2D eigenvalue weighted by atomic mass is 10.3. The molecule has 0 spiro atoms. The van der Waals surface area contributed by atoms with Gasteiger partial charge in [-0.1, -0.05) is 6.92 Å². The minimum Gasteiger partial charge on any atom is -0.338 e. The number of hydrogen-bond donors (Lipinski definition) is 1. The maximum atomic E-state index is 11.9. The van der Waals surface area contributed by atoms with Crippen LogP contribution < -0.4 is 5.73 Å². The molecule has 4 nitrogen and oxygen atoms in total. The quantitative estimate of drug-likeness (QED) is 0.883. The molecule has 0 unspecified atom stereocenters. The van der Waals surface area contributed by atoms with Gasteiger partial charge in [0.2, 0.25) is 0 Å². The van der Waals surface area contributed by atoms with E-state index >= 15 is 0 Å². The molecule has 0 aliphatic carbocycles. The molecule has 0 saturated heterocycles. The number of hydrogen-bond acceptors (Lipinski definition) is 4. The summed E-state index contributed by atoms with van der Waals surface area (Å²) in [5, 5.41) is 2.59. The molecule has 0 atom stereocenters. The lowest BCUT2D eigenvalue weighted by Crippen LogP contribution is -2.31. The molecule has 6 heteroatoms. The Morgan fingerprint density at radius 3 is 2.69 bits per heavy atom. The van der Waals surface area contributed by atoms with Gasteiger partial charge in [-0.25, -0.2) is 4.98 Å². The Kier molecular flexibility index (Phi) is 7.29. The summed E-state index contributed by atoms with van der Waals surface area (Å²) >= 11 is 1.44. The summed E-state index contributed by atoms with van der Waals surface area (Å²) in [5.41, 5.74) is 5.98. The lowest BCUT2D eigenvalue weighted by molar-refractivity contribution is 0.0759. The smallest absolute Gasteiger partial charge is 0.273 e. The first kappa shape index (κ1) is 15.3. The van der Waals surface area contributed by atoms with Crippen LogP contribution in [-0.2, 0) is 6.54 Å². The Balaban J connectivity index is 0.00000225. The van der Waals surface area contributed by atoms with E-state index in [0.717, 1.165) is 24.5 Å². The minimum absolute atomic E-state index is 0. The van der Waals surface area contributed by atoms with Gasteiger partial charge >= 0.3 is 0 Å². The zero-order chi connectivity index (χ0) is 11.3. The largest absolute Gasteiger partial charge is 0.338 e. The normalized spacial score (nSPS) is 9.69. The minimum atomic E-state index is 0. The summed E-state index contributed by atoms with van der Waals surface area (Å²) in [5.74, 6) is 0.00954. The van der Waals surface area contributed by atoms with Gasteiger partial charge in [0, 0.05) is 25.0 Å². The SMILES string of the molecule is CCCN(CC)C(=O)c1csc(CN)n1.Cl. The van der Waals surface area contributed by atoms with E-state index in [9.17, 15) is 4.79 Å². The van der Waals surface area contributed by atoms with E-state index in [1.807, 2.05) is 6.92 Å². The van der Waals surface area contributed by atoms with Crippen LogP contribution >= 0.6 is 23.7 Å². The van der Waals surface area contributed by atoms with Crippen LogP contribution in [0.4, 0.5) is 0 Å². The molecule has 0 bridgehead atoms. The Hall–Kier alpha value is -0.650. The van der Waals surface area contributed by atoms with Gasteiger partial charge in [0.15, 0.2) is 0 Å². The molecule has 0 aromatic carbocycles. The second-order valence-electron chi connectivity index (χ2n) is 3.22. The van der Waals surface area contributed by atoms with Crippen molar-refractivity contribution in [2.24, 2.45) is 5.73 Å². The topological polar surface area (TPSA) is 59.2 Å². The van der Waals surface area contributed by atoms with Gasteiger partial charge in [-0.3, -0.25) is 4.79 Å². The van der Waals surface area contributed by atoms with Crippen molar-refractivity contribution in [2.75, 3.05) is 13.1 Å². The van der Waals surface area contributed by atoms with Gasteiger partial charge < -0.3 is 10.6 Å². The van der Waals surface area contributed by atoms with E-state index in [-0.39, 0.29) is 18.3 Å². The zero-order valence-electron chi connectivity index (χ0n) is 9.60. The predicted octanol–water partition coefficient (Wildman–Crippen LogP) is 1.90. The third-order valence-corrected chi connectivity index (χ3v) is 2.98. The van der Waals surface area contributed by atoms with Crippen molar-refractivity contribution < 1.29 is 4.79 Å². The zero-order valence-corrected chi connectivity index (χ0v) is 11.2. The second-order valence-corrected chi connectivity index (χ2v) is 4.16. The molecule has 1 heterocycles. The Morgan fingerprint density at radius 1 is 1.56 bits per heavy atom. The van der Waals surface area contributed by atoms with Crippen molar-refractivity contribution in [3.63, 3.8) is 0 Å². The molecule has 1 aromatic rings. The van der Waals surface area contributed by atoms with Crippen molar-refractivity contribution in [1.82, 2.24) is 9.88 Å². The molecule has 92 valence electrons. The van der Waals surface area contributed by atoms with Gasteiger partial charge in [-0.05, 0) is 13.3 Å². The molecule has 0 saturated carbocycles. The summed E-state index contributed by atoms with van der Waals surface area (Å²) in [6.07, 6.45) is 0.966. The van der Waals surface area contributed by atoms with E-state index in [2.05, 4.69) is 11.9 Å². The fourth-order valence-corrected chi connectivity index (χ4v) is 1.99. The molecule has 0 radical (unpaired) electrons. The predicted molar refractivity (Wildman–Crippen MR) is 69.1 cm³/mol. The number of nitrogens with zero attached hydrogens (tertiary/aromatic N) is 2. The van der Waals surface area contributed by atoms with E-state index in [1.54, 1.807) is 10.3 Å². The molecule has 2 N–H and O–H groups in total. The Labute approximate surface area is 106 Å². The first-order chi connectivity index (χ1) is 7.22. The van der Waals surface area contributed by atoms with Crippen LogP contribution in [0.15, 0.2) is 5.38 Å². The maximum Gasteiger partial charge on any atom is 0.273 e. The van der Waals surface area contributed by atoms with Crippen LogP contribution in [0.25, 0.3) is 0 Å². The van der Waals surface area contributed by atoms with Crippen molar-refractivity contribution in [1.29, 1.82) is 0 Å². The van der Waals surface area contributed by atoms with E-state index < -0.39 is 0 Å². The van der Waals surface area contributed by atoms with E-state index in [0.29, 0.717) is 12.2 Å². The van der Waals surface area contributed by atoms with Gasteiger partial charge in [-0.2, -0.15) is 0 Å². The lowest BCUT2D eigenvalue weighted by Gasteiger charge is -2.18. The third kappa shape index (κ3) is 3.73. The van der Waals surface area contributed by atoms with Crippen LogP contribution in [0, 0.1) is 0 Å². The molecule has 1 rings (SSSR count). The van der Waals surface area contributed by atoms with E-state index in [1.165, 1.54) is 11.3 Å². The monoisotopic (exact) mass is 263 g/mol. The number of carbonyl (C=O) groups is 1. The first-order valence-corrected chi connectivity index (χ1v) is 6.04. The molecular formula is C10H18ClN3OS. The number of nitrogens with two attached hydrogens (primary N) is 1. The third-order valence-electron chi connectivity index (χ3n) is 2.11. The van der Waals surface area contributed by atoms with E-state index in [4.69, 9.17) is 5.73 Å². The number of halogens is 1. The number of amides is 1. The first-order valence-electron chi connectivity index (χ1n) is 5.16. The number of carbonyl (C=O) groups excluding carboxylic acids is 1. The molecule has 0 aliphatic rings. The number of aromatic nitrogens is 1. The van der Waals surface area contributed by atoms with Crippen molar-refractivity contribution in [3.8, 4) is 0 Å². The van der Waals surface area contributed by atoms with Gasteiger partial charge in [-0.15, -0.1) is 23.7 Å². The molecular weight excluding hydrogens is 246 g/mol. The van der Waals surface area contributed by atoms with Crippen molar-refractivity contribution in [2.45, 2.75) is 26.8 Å². The molecule has 16 heavy (non-hydrogen) atoms. The molecule has 1 amide bonds. The molecule has 0 aliphatic heterocycles. The second kappa shape index (κ2) is 7.60. The summed E-state index contributed by atoms with van der Waals surface area (Å²) in [6.45, 7) is 5.94. The standard InChI is InChI=1S/C10H17N3OS.ClH/c1-3-5-13(4-2)10(14)8-7-15-9(6-11)12-8;/h7H,3-6,11H2,1-2H3;1H. The van der Waals surface area contributed by atoms with Crippen LogP contribution in [0.3, 0.4) is 0 Å². The van der Waals surface area contributed by atoms with Crippen LogP contribution in [0.1, 0.15) is 35.8 Å². The van der Waals surface area contributed by atoms with Crippen LogP contribution in [0.2, 0.25) is 0 Å². The highest BCUT2D eigenvalue weighted by Gasteiger charge is 2.16. The van der Waals surface area contributed by atoms with Gasteiger partial charge in [0.05, 0.1) is 0 Å². The average molecular weight is 264 g/mol. The summed E-state index contributed by atoms with van der Waals surface area (Å²) in [7, 11) is 0. The Morgan fingerprint density at radius 2 is 2.25 bits per heavy atom. The van der Waals surface area contributed by atoms with Crippen LogP contribution in [0.5, 0.6) is 0 Å². The summed E-state index contributed by atoms with van der Waals surface area (Å²) in [6, 6.07) is 0.